The quantitative estimate of drug-likeness (QED) is 0.320. The number of nitriles is 2. The minimum absolute atomic E-state index is 0.167. The molecule has 0 aliphatic heterocycles. The third-order valence-corrected chi connectivity index (χ3v) is 3.45. The van der Waals surface area contributed by atoms with Crippen LogP contribution < -0.4 is 0 Å². The molecule has 0 radical (unpaired) electrons. The molecule has 0 saturated heterocycles. The van der Waals surface area contributed by atoms with E-state index in [4.69, 9.17) is 20.0 Å². The number of nitrogens with zero attached hydrogens (tertiary/aromatic N) is 2. The van der Waals surface area contributed by atoms with Crippen molar-refractivity contribution in [1.82, 2.24) is 0 Å². The van der Waals surface area contributed by atoms with E-state index in [0.717, 1.165) is 0 Å². The first-order chi connectivity index (χ1) is 13.6. The number of carbonyl (C=O) groups excluding carboxylic acids is 2. The first kappa shape index (κ1) is 20.2. The lowest BCUT2D eigenvalue weighted by Gasteiger charge is -2.05. The number of hydrogen-bond acceptors (Lipinski definition) is 6. The summed E-state index contributed by atoms with van der Waals surface area (Å²) >= 11 is 0. The van der Waals surface area contributed by atoms with E-state index >= 15 is 0 Å². The topological polar surface area (TPSA) is 100 Å². The molecule has 0 atom stereocenters. The SMILES string of the molecule is N#C/C(=C\c1ccccc1)C(=O)OCCOC(=O)/C(C#N)=C/c1ccccc1. The molecule has 6 nitrogen and oxygen atoms in total. The monoisotopic (exact) mass is 372 g/mol. The smallest absolute Gasteiger partial charge is 0.349 e. The fourth-order valence-electron chi connectivity index (χ4n) is 2.13. The summed E-state index contributed by atoms with van der Waals surface area (Å²) in [7, 11) is 0. The van der Waals surface area contributed by atoms with Crippen LogP contribution >= 0.6 is 0 Å². The second kappa shape index (κ2) is 10.7. The fourth-order valence-corrected chi connectivity index (χ4v) is 2.13. The number of rotatable bonds is 7. The van der Waals surface area contributed by atoms with Gasteiger partial charge in [-0.25, -0.2) is 9.59 Å². The number of carbonyl (C=O) groups is 2. The Labute approximate surface area is 162 Å². The van der Waals surface area contributed by atoms with Gasteiger partial charge in [0, 0.05) is 0 Å². The lowest BCUT2D eigenvalue weighted by Crippen LogP contribution is -2.15. The molecule has 0 fully saturated rings. The van der Waals surface area contributed by atoms with E-state index in [1.165, 1.54) is 12.2 Å². The molecule has 2 aromatic carbocycles. The van der Waals surface area contributed by atoms with Gasteiger partial charge in [-0.05, 0) is 23.3 Å². The molecule has 2 aromatic rings. The first-order valence-corrected chi connectivity index (χ1v) is 8.32. The Balaban J connectivity index is 1.86. The molecule has 0 bridgehead atoms. The fraction of sp³-hybridized carbons (Fsp3) is 0.0909. The minimum Gasteiger partial charge on any atom is -0.458 e. The summed E-state index contributed by atoms with van der Waals surface area (Å²) in [5.74, 6) is -1.63. The van der Waals surface area contributed by atoms with E-state index in [2.05, 4.69) is 0 Å². The van der Waals surface area contributed by atoms with Crippen LogP contribution in [0, 0.1) is 22.7 Å². The maximum absolute atomic E-state index is 11.9. The van der Waals surface area contributed by atoms with Crippen LogP contribution in [0.2, 0.25) is 0 Å². The average Bonchev–Trinajstić information content (AvgIpc) is 2.74. The van der Waals surface area contributed by atoms with Gasteiger partial charge in [0.2, 0.25) is 0 Å². The van der Waals surface area contributed by atoms with Gasteiger partial charge in [0.05, 0.1) is 0 Å². The van der Waals surface area contributed by atoms with Crippen molar-refractivity contribution >= 4 is 24.1 Å². The van der Waals surface area contributed by atoms with Crippen molar-refractivity contribution < 1.29 is 19.1 Å². The second-order valence-corrected chi connectivity index (χ2v) is 5.43. The van der Waals surface area contributed by atoms with Crippen LogP contribution in [-0.2, 0) is 19.1 Å². The van der Waals surface area contributed by atoms with Gasteiger partial charge in [0.25, 0.3) is 0 Å². The average molecular weight is 372 g/mol. The van der Waals surface area contributed by atoms with Crippen molar-refractivity contribution in [2.45, 2.75) is 0 Å². The highest BCUT2D eigenvalue weighted by molar-refractivity contribution is 5.98. The highest BCUT2D eigenvalue weighted by Gasteiger charge is 2.13. The summed E-state index contributed by atoms with van der Waals surface area (Å²) in [5.41, 5.74) is 1.04. The standard InChI is InChI=1S/C22H16N2O4/c23-15-19(13-17-7-3-1-4-8-17)21(25)27-11-12-28-22(26)20(16-24)14-18-9-5-2-6-10-18/h1-10,13-14H,11-12H2/b19-13+,20-14+. The Morgan fingerprint density at radius 1 is 0.714 bits per heavy atom. The lowest BCUT2D eigenvalue weighted by atomic mass is 10.1. The van der Waals surface area contributed by atoms with Gasteiger partial charge in [-0.15, -0.1) is 0 Å². The zero-order chi connectivity index (χ0) is 20.2. The van der Waals surface area contributed by atoms with Crippen molar-refractivity contribution in [1.29, 1.82) is 10.5 Å². The van der Waals surface area contributed by atoms with Crippen molar-refractivity contribution in [3.8, 4) is 12.1 Å². The van der Waals surface area contributed by atoms with Crippen molar-refractivity contribution in [3.63, 3.8) is 0 Å². The van der Waals surface area contributed by atoms with E-state index < -0.39 is 11.9 Å². The number of esters is 2. The third kappa shape index (κ3) is 6.29. The molecular weight excluding hydrogens is 356 g/mol. The van der Waals surface area contributed by atoms with Gasteiger partial charge in [-0.3, -0.25) is 0 Å². The number of benzene rings is 2. The van der Waals surface area contributed by atoms with Crippen LogP contribution in [0.3, 0.4) is 0 Å². The summed E-state index contributed by atoms with van der Waals surface area (Å²) in [6.45, 7) is -0.467. The second-order valence-electron chi connectivity index (χ2n) is 5.43. The zero-order valence-corrected chi connectivity index (χ0v) is 14.9. The van der Waals surface area contributed by atoms with Gasteiger partial charge in [0.1, 0.15) is 36.5 Å². The molecule has 0 aromatic heterocycles. The molecule has 0 aliphatic carbocycles. The summed E-state index contributed by atoms with van der Waals surface area (Å²) in [4.78, 5) is 23.9. The molecule has 6 heteroatoms. The molecule has 0 amide bonds. The molecule has 0 spiro atoms. The highest BCUT2D eigenvalue weighted by Crippen LogP contribution is 2.09. The lowest BCUT2D eigenvalue weighted by molar-refractivity contribution is -0.146. The van der Waals surface area contributed by atoms with Crippen molar-refractivity contribution in [2.75, 3.05) is 13.2 Å². The summed E-state index contributed by atoms with van der Waals surface area (Å²) in [5, 5.41) is 18.2. The molecule has 28 heavy (non-hydrogen) atoms. The Morgan fingerprint density at radius 2 is 1.07 bits per heavy atom. The van der Waals surface area contributed by atoms with E-state index in [9.17, 15) is 9.59 Å². The van der Waals surface area contributed by atoms with Crippen molar-refractivity contribution in [2.24, 2.45) is 0 Å². The molecule has 0 N–H and O–H groups in total. The van der Waals surface area contributed by atoms with Gasteiger partial charge >= 0.3 is 11.9 Å². The normalized spacial score (nSPS) is 11.1. The highest BCUT2D eigenvalue weighted by atomic mass is 16.6. The first-order valence-electron chi connectivity index (χ1n) is 8.32. The van der Waals surface area contributed by atoms with Crippen LogP contribution in [0.5, 0.6) is 0 Å². The molecular formula is C22H16N2O4. The van der Waals surface area contributed by atoms with E-state index in [1.54, 1.807) is 60.7 Å². The predicted octanol–water partition coefficient (Wildman–Crippen LogP) is 3.29. The van der Waals surface area contributed by atoms with E-state index in [-0.39, 0.29) is 24.4 Å². The van der Waals surface area contributed by atoms with Crippen LogP contribution in [-0.4, -0.2) is 25.2 Å². The maximum Gasteiger partial charge on any atom is 0.349 e. The molecule has 138 valence electrons. The largest absolute Gasteiger partial charge is 0.458 e. The van der Waals surface area contributed by atoms with Gasteiger partial charge in [0.15, 0.2) is 0 Å². The Hall–Kier alpha value is -4.16. The maximum atomic E-state index is 11.9. The van der Waals surface area contributed by atoms with Crippen LogP contribution in [0.25, 0.3) is 12.2 Å². The summed E-state index contributed by atoms with van der Waals surface area (Å²) in [6.07, 6.45) is 2.81. The summed E-state index contributed by atoms with van der Waals surface area (Å²) in [6, 6.07) is 21.3. The molecule has 0 unspecified atom stereocenters. The number of hydrogen-bond donors (Lipinski definition) is 0. The third-order valence-electron chi connectivity index (χ3n) is 3.45. The van der Waals surface area contributed by atoms with Gasteiger partial charge < -0.3 is 9.47 Å². The predicted molar refractivity (Wildman–Crippen MR) is 102 cm³/mol. The summed E-state index contributed by atoms with van der Waals surface area (Å²) < 4.78 is 9.88. The van der Waals surface area contributed by atoms with E-state index in [1.807, 2.05) is 12.1 Å². The van der Waals surface area contributed by atoms with Crippen LogP contribution in [0.15, 0.2) is 71.8 Å². The molecule has 0 heterocycles. The Morgan fingerprint density at radius 3 is 1.39 bits per heavy atom. The van der Waals surface area contributed by atoms with Crippen LogP contribution in [0.1, 0.15) is 11.1 Å². The van der Waals surface area contributed by atoms with Gasteiger partial charge in [-0.1, -0.05) is 60.7 Å². The number of ether oxygens (including phenoxy) is 2. The van der Waals surface area contributed by atoms with E-state index in [0.29, 0.717) is 11.1 Å². The molecule has 0 aliphatic rings. The van der Waals surface area contributed by atoms with Crippen LogP contribution in [0.4, 0.5) is 0 Å². The molecule has 2 rings (SSSR count). The van der Waals surface area contributed by atoms with Crippen molar-refractivity contribution in [3.05, 3.63) is 82.9 Å². The van der Waals surface area contributed by atoms with Gasteiger partial charge in [-0.2, -0.15) is 10.5 Å². The minimum atomic E-state index is -0.817. The Kier molecular flexibility index (Phi) is 7.74. The molecule has 0 saturated carbocycles. The Bertz CT molecular complexity index is 884. The zero-order valence-electron chi connectivity index (χ0n) is 14.9.